The van der Waals surface area contributed by atoms with Gasteiger partial charge in [-0.1, -0.05) is 54.1 Å². The maximum Gasteiger partial charge on any atom is 0.298 e. The number of aromatic amines is 1. The van der Waals surface area contributed by atoms with Crippen molar-refractivity contribution in [3.63, 3.8) is 0 Å². The van der Waals surface area contributed by atoms with Gasteiger partial charge < -0.3 is 4.74 Å². The Bertz CT molecular complexity index is 1560. The van der Waals surface area contributed by atoms with Gasteiger partial charge in [0.1, 0.15) is 17.0 Å². The number of carbonyl (C=O) groups excluding carboxylic acids is 1. The van der Waals surface area contributed by atoms with Crippen molar-refractivity contribution < 1.29 is 9.53 Å². The molecule has 2 N–H and O–H groups in total. The fourth-order valence-corrected chi connectivity index (χ4v) is 3.71. The molecule has 0 radical (unpaired) electrons. The Morgan fingerprint density at radius 1 is 1.00 bits per heavy atom. The van der Waals surface area contributed by atoms with E-state index in [1.807, 2.05) is 0 Å². The van der Waals surface area contributed by atoms with Crippen LogP contribution in [0.15, 0.2) is 83.7 Å². The van der Waals surface area contributed by atoms with Gasteiger partial charge in [0.25, 0.3) is 11.5 Å². The number of benzene rings is 3. The highest BCUT2D eigenvalue weighted by Gasteiger charge is 2.21. The highest BCUT2D eigenvalue weighted by molar-refractivity contribution is 6.30. The van der Waals surface area contributed by atoms with Crippen LogP contribution in [0.25, 0.3) is 33.7 Å². The van der Waals surface area contributed by atoms with Crippen LogP contribution in [0.5, 0.6) is 5.75 Å². The van der Waals surface area contributed by atoms with E-state index >= 15 is 0 Å². The van der Waals surface area contributed by atoms with E-state index in [1.165, 1.54) is 0 Å². The first-order valence-electron chi connectivity index (χ1n) is 10.3. The zero-order valence-electron chi connectivity index (χ0n) is 17.9. The smallest absolute Gasteiger partial charge is 0.298 e. The van der Waals surface area contributed by atoms with E-state index in [0.29, 0.717) is 33.1 Å². The van der Waals surface area contributed by atoms with Gasteiger partial charge >= 0.3 is 0 Å². The minimum Gasteiger partial charge on any atom is -0.497 e. The fourth-order valence-electron chi connectivity index (χ4n) is 3.58. The van der Waals surface area contributed by atoms with E-state index in [4.69, 9.17) is 21.3 Å². The lowest BCUT2D eigenvalue weighted by molar-refractivity contribution is 0.101. The molecule has 0 bridgehead atoms. The van der Waals surface area contributed by atoms with Crippen LogP contribution < -0.4 is 15.7 Å². The summed E-state index contributed by atoms with van der Waals surface area (Å²) in [5, 5.41) is 7.67. The van der Waals surface area contributed by atoms with Crippen molar-refractivity contribution in [3.05, 3.63) is 99.8 Å². The van der Waals surface area contributed by atoms with Crippen LogP contribution in [0.4, 0.5) is 0 Å². The molecule has 0 unspecified atom stereocenters. The third kappa shape index (κ3) is 3.91. The largest absolute Gasteiger partial charge is 0.497 e. The molecule has 0 saturated heterocycles. The average Bonchev–Trinajstić information content (AvgIpc) is 3.31. The van der Waals surface area contributed by atoms with Crippen LogP contribution in [0.1, 0.15) is 10.4 Å². The Kier molecular flexibility index (Phi) is 5.57. The Labute approximate surface area is 198 Å². The van der Waals surface area contributed by atoms with Crippen molar-refractivity contribution in [2.24, 2.45) is 0 Å². The number of rotatable bonds is 5. The second-order valence-corrected chi connectivity index (χ2v) is 7.85. The van der Waals surface area contributed by atoms with Crippen LogP contribution in [-0.2, 0) is 0 Å². The summed E-state index contributed by atoms with van der Waals surface area (Å²) in [6.07, 6.45) is 0. The van der Waals surface area contributed by atoms with Crippen molar-refractivity contribution in [2.75, 3.05) is 12.5 Å². The molecule has 9 heteroatoms. The third-order valence-corrected chi connectivity index (χ3v) is 5.53. The van der Waals surface area contributed by atoms with Gasteiger partial charge in [-0.15, -0.1) is 0 Å². The predicted octanol–water partition coefficient (Wildman–Crippen LogP) is 4.50. The minimum atomic E-state index is -0.500. The van der Waals surface area contributed by atoms with Crippen LogP contribution in [0.3, 0.4) is 0 Å². The van der Waals surface area contributed by atoms with E-state index in [-0.39, 0.29) is 11.3 Å². The minimum absolute atomic E-state index is 0.157. The number of methoxy groups -OCH3 is 1. The number of nitrogens with one attached hydrogen (secondary N) is 2. The quantitative estimate of drug-likeness (QED) is 0.393. The highest BCUT2D eigenvalue weighted by atomic mass is 35.5. The average molecular weight is 472 g/mol. The molecule has 5 aromatic rings. The van der Waals surface area contributed by atoms with Crippen LogP contribution in [-0.4, -0.2) is 32.9 Å². The molecule has 0 spiro atoms. The Morgan fingerprint density at radius 2 is 1.76 bits per heavy atom. The van der Waals surface area contributed by atoms with Gasteiger partial charge in [0, 0.05) is 21.7 Å². The zero-order valence-corrected chi connectivity index (χ0v) is 18.7. The van der Waals surface area contributed by atoms with E-state index < -0.39 is 11.5 Å². The van der Waals surface area contributed by atoms with Gasteiger partial charge in [-0.2, -0.15) is 9.77 Å². The molecule has 3 aromatic carbocycles. The van der Waals surface area contributed by atoms with Gasteiger partial charge in [0.05, 0.1) is 7.11 Å². The first kappa shape index (κ1) is 21.4. The monoisotopic (exact) mass is 471 g/mol. The van der Waals surface area contributed by atoms with Crippen molar-refractivity contribution in [1.29, 1.82) is 0 Å². The third-order valence-electron chi connectivity index (χ3n) is 5.28. The first-order chi connectivity index (χ1) is 16.5. The van der Waals surface area contributed by atoms with E-state index in [1.54, 1.807) is 86.0 Å². The Hall–Kier alpha value is -4.43. The summed E-state index contributed by atoms with van der Waals surface area (Å²) in [5.41, 5.74) is 4.92. The highest BCUT2D eigenvalue weighted by Crippen LogP contribution is 2.28. The van der Waals surface area contributed by atoms with Gasteiger partial charge in [0.2, 0.25) is 0 Å². The summed E-state index contributed by atoms with van der Waals surface area (Å²) >= 11 is 6.02. The van der Waals surface area contributed by atoms with Gasteiger partial charge in [0.15, 0.2) is 11.3 Å². The summed E-state index contributed by atoms with van der Waals surface area (Å²) < 4.78 is 6.46. The number of halogens is 1. The standard InChI is InChI=1S/C25H18ClN5O3/c1-34-19-9-5-8-17(14-19)23-27-21-20(15-10-12-18(26)13-11-15)28-29-22(21)25(33)31(23)30-24(32)16-6-3-2-4-7-16/h2-14H,1H3,(H,28,29)(H,30,32). The lowest BCUT2D eigenvalue weighted by atomic mass is 10.1. The Morgan fingerprint density at radius 3 is 2.50 bits per heavy atom. The summed E-state index contributed by atoms with van der Waals surface area (Å²) in [7, 11) is 1.55. The van der Waals surface area contributed by atoms with Gasteiger partial charge in [-0.05, 0) is 36.4 Å². The molecule has 168 valence electrons. The second kappa shape index (κ2) is 8.84. The molecule has 0 aliphatic carbocycles. The van der Waals surface area contributed by atoms with Crippen LogP contribution in [0, 0.1) is 0 Å². The van der Waals surface area contributed by atoms with Gasteiger partial charge in [-0.3, -0.25) is 20.1 Å². The SMILES string of the molecule is COc1cccc(-c2nc3c(-c4ccc(Cl)cc4)n[nH]c3c(=O)n2NC(=O)c2ccccc2)c1. The maximum absolute atomic E-state index is 13.5. The maximum atomic E-state index is 13.5. The van der Waals surface area contributed by atoms with E-state index in [0.717, 1.165) is 10.2 Å². The molecule has 2 heterocycles. The molecule has 0 saturated carbocycles. The van der Waals surface area contributed by atoms with Crippen molar-refractivity contribution in [3.8, 4) is 28.4 Å². The number of amides is 1. The summed E-state index contributed by atoms with van der Waals surface area (Å²) in [5.74, 6) is 0.362. The zero-order chi connectivity index (χ0) is 23.7. The molecule has 0 aliphatic rings. The van der Waals surface area contributed by atoms with Crippen molar-refractivity contribution in [1.82, 2.24) is 19.9 Å². The van der Waals surface area contributed by atoms with Crippen LogP contribution >= 0.6 is 11.6 Å². The Balaban J connectivity index is 1.72. The van der Waals surface area contributed by atoms with E-state index in [9.17, 15) is 9.59 Å². The first-order valence-corrected chi connectivity index (χ1v) is 10.7. The summed E-state index contributed by atoms with van der Waals surface area (Å²) in [6.45, 7) is 0. The number of ether oxygens (including phenoxy) is 1. The number of carbonyl (C=O) groups is 1. The van der Waals surface area contributed by atoms with Gasteiger partial charge in [-0.25, -0.2) is 4.98 Å². The summed E-state index contributed by atoms with van der Waals surface area (Å²) in [6, 6.07) is 22.8. The van der Waals surface area contributed by atoms with Crippen molar-refractivity contribution in [2.45, 2.75) is 0 Å². The predicted molar refractivity (Wildman–Crippen MR) is 131 cm³/mol. The molecule has 0 fully saturated rings. The molecule has 5 rings (SSSR count). The number of hydrogen-bond donors (Lipinski definition) is 2. The molecule has 0 aliphatic heterocycles. The lowest BCUT2D eigenvalue weighted by Crippen LogP contribution is -2.35. The van der Waals surface area contributed by atoms with Crippen molar-refractivity contribution >= 4 is 28.5 Å². The number of H-pyrrole nitrogens is 1. The number of aromatic nitrogens is 4. The summed E-state index contributed by atoms with van der Waals surface area (Å²) in [4.78, 5) is 31.2. The topological polar surface area (TPSA) is 102 Å². The number of fused-ring (bicyclic) bond motifs is 1. The fraction of sp³-hybridized carbons (Fsp3) is 0.0400. The lowest BCUT2D eigenvalue weighted by Gasteiger charge is -2.14. The number of nitrogens with zero attached hydrogens (tertiary/aromatic N) is 3. The molecule has 34 heavy (non-hydrogen) atoms. The van der Waals surface area contributed by atoms with E-state index in [2.05, 4.69) is 15.6 Å². The molecule has 2 aromatic heterocycles. The molecule has 1 amide bonds. The normalized spacial score (nSPS) is 10.9. The molecule has 8 nitrogen and oxygen atoms in total. The molecule has 0 atom stereocenters. The molecular formula is C25H18ClN5O3. The molecular weight excluding hydrogens is 454 g/mol. The second-order valence-electron chi connectivity index (χ2n) is 7.42. The number of hydrogen-bond acceptors (Lipinski definition) is 5. The van der Waals surface area contributed by atoms with Crippen LogP contribution in [0.2, 0.25) is 5.02 Å².